The lowest BCUT2D eigenvalue weighted by atomic mass is 10.1. The summed E-state index contributed by atoms with van der Waals surface area (Å²) in [4.78, 5) is 27.3. The van der Waals surface area contributed by atoms with Gasteiger partial charge < -0.3 is 20.0 Å². The normalized spacial score (nSPS) is 21.5. The first-order valence-electron chi connectivity index (χ1n) is 9.87. The minimum atomic E-state index is -0.258. The van der Waals surface area contributed by atoms with Crippen molar-refractivity contribution in [3.63, 3.8) is 0 Å². The molecule has 2 aromatic rings. The second-order valence-electron chi connectivity index (χ2n) is 7.97. The molecule has 1 aromatic carbocycles. The number of likely N-dealkylation sites (N-methyl/N-ethyl adjacent to an activating group) is 1. The van der Waals surface area contributed by atoms with Crippen LogP contribution in [0.25, 0.3) is 0 Å². The Kier molecular flexibility index (Phi) is 4.98. The number of aryl methyl sites for hydroxylation is 2. The van der Waals surface area contributed by atoms with Crippen molar-refractivity contribution in [2.45, 2.75) is 51.2 Å². The van der Waals surface area contributed by atoms with Crippen molar-refractivity contribution in [3.05, 3.63) is 58.5 Å². The van der Waals surface area contributed by atoms with Gasteiger partial charge >= 0.3 is 0 Å². The maximum absolute atomic E-state index is 13.0. The van der Waals surface area contributed by atoms with Gasteiger partial charge in [-0.1, -0.05) is 24.3 Å². The molecule has 6 heteroatoms. The predicted molar refractivity (Wildman–Crippen MR) is 106 cm³/mol. The predicted octanol–water partition coefficient (Wildman–Crippen LogP) is 1.98. The molecule has 2 N–H and O–H groups in total. The second-order valence-corrected chi connectivity index (χ2v) is 7.97. The molecule has 28 heavy (non-hydrogen) atoms. The average molecular weight is 381 g/mol. The van der Waals surface area contributed by atoms with Crippen LogP contribution in [0.1, 0.15) is 39.4 Å². The summed E-state index contributed by atoms with van der Waals surface area (Å²) >= 11 is 0. The average Bonchev–Trinajstić information content (AvgIpc) is 3.38. The highest BCUT2D eigenvalue weighted by Crippen LogP contribution is 2.25. The summed E-state index contributed by atoms with van der Waals surface area (Å²) in [6.07, 6.45) is 2.42. The van der Waals surface area contributed by atoms with Gasteiger partial charge in [0.2, 0.25) is 5.91 Å². The van der Waals surface area contributed by atoms with Gasteiger partial charge in [-0.15, -0.1) is 0 Å². The zero-order valence-corrected chi connectivity index (χ0v) is 16.6. The van der Waals surface area contributed by atoms with Crippen molar-refractivity contribution in [1.29, 1.82) is 0 Å². The zero-order valence-electron chi connectivity index (χ0n) is 16.6. The standard InChI is InChI=1S/C22H27N3O3/c1-13-8-19(14(2)28-13)21(26)24-17-11-20(23-12-17)22(27)25(3)18-9-15-6-4-5-7-16(15)10-18/h4-8,17-18,20,23H,9-12H2,1-3H3,(H,24,26)/t17-,20+/m1/s1. The molecule has 0 saturated carbocycles. The third-order valence-corrected chi connectivity index (χ3v) is 5.97. The number of furan rings is 1. The Balaban J connectivity index is 1.33. The lowest BCUT2D eigenvalue weighted by molar-refractivity contribution is -0.133. The van der Waals surface area contributed by atoms with Crippen LogP contribution >= 0.6 is 0 Å². The van der Waals surface area contributed by atoms with Crippen molar-refractivity contribution in [1.82, 2.24) is 15.5 Å². The van der Waals surface area contributed by atoms with Gasteiger partial charge in [0.15, 0.2) is 0 Å². The first-order chi connectivity index (χ1) is 13.4. The molecule has 2 atom stereocenters. The summed E-state index contributed by atoms with van der Waals surface area (Å²) < 4.78 is 5.44. The Morgan fingerprint density at radius 3 is 2.46 bits per heavy atom. The molecule has 1 saturated heterocycles. The van der Waals surface area contributed by atoms with Crippen LogP contribution in [0.5, 0.6) is 0 Å². The van der Waals surface area contributed by atoms with Crippen molar-refractivity contribution >= 4 is 11.8 Å². The number of rotatable bonds is 4. The number of fused-ring (bicyclic) bond motifs is 1. The molecule has 148 valence electrons. The van der Waals surface area contributed by atoms with Gasteiger partial charge in [-0.25, -0.2) is 0 Å². The Morgan fingerprint density at radius 2 is 1.86 bits per heavy atom. The lowest BCUT2D eigenvalue weighted by Crippen LogP contribution is -2.46. The van der Waals surface area contributed by atoms with E-state index in [1.165, 1.54) is 11.1 Å². The summed E-state index contributed by atoms with van der Waals surface area (Å²) in [6.45, 7) is 4.21. The smallest absolute Gasteiger partial charge is 0.255 e. The topological polar surface area (TPSA) is 74.6 Å². The second kappa shape index (κ2) is 7.43. The lowest BCUT2D eigenvalue weighted by Gasteiger charge is -2.27. The first-order valence-corrected chi connectivity index (χ1v) is 9.87. The van der Waals surface area contributed by atoms with E-state index in [2.05, 4.69) is 34.9 Å². The van der Waals surface area contributed by atoms with Crippen LogP contribution in [0.2, 0.25) is 0 Å². The summed E-state index contributed by atoms with van der Waals surface area (Å²) in [5.74, 6) is 1.30. The van der Waals surface area contributed by atoms with Crippen molar-refractivity contribution in [3.8, 4) is 0 Å². The molecule has 1 aromatic heterocycles. The van der Waals surface area contributed by atoms with Crippen LogP contribution in [0.3, 0.4) is 0 Å². The number of nitrogens with one attached hydrogen (secondary N) is 2. The molecule has 0 spiro atoms. The minimum Gasteiger partial charge on any atom is -0.466 e. The van der Waals surface area contributed by atoms with Crippen LogP contribution < -0.4 is 10.6 Å². The van der Waals surface area contributed by atoms with E-state index in [0.717, 1.165) is 18.6 Å². The number of carbonyl (C=O) groups excluding carboxylic acids is 2. The Morgan fingerprint density at radius 1 is 1.18 bits per heavy atom. The fourth-order valence-corrected chi connectivity index (χ4v) is 4.39. The van der Waals surface area contributed by atoms with E-state index in [1.54, 1.807) is 13.0 Å². The summed E-state index contributed by atoms with van der Waals surface area (Å²) in [5.41, 5.74) is 3.23. The molecule has 0 unspecified atom stereocenters. The third-order valence-electron chi connectivity index (χ3n) is 5.97. The number of nitrogens with zero attached hydrogens (tertiary/aromatic N) is 1. The summed E-state index contributed by atoms with van der Waals surface area (Å²) in [6, 6.07) is 10.0. The Hall–Kier alpha value is -2.60. The fraction of sp³-hybridized carbons (Fsp3) is 0.455. The van der Waals surface area contributed by atoms with Crippen LogP contribution in [-0.4, -0.2) is 48.4 Å². The highest BCUT2D eigenvalue weighted by atomic mass is 16.3. The highest BCUT2D eigenvalue weighted by Gasteiger charge is 2.36. The number of hydrogen-bond donors (Lipinski definition) is 2. The SMILES string of the molecule is Cc1cc(C(=O)N[C@H]2CN[C@H](C(=O)N(C)C3Cc4ccccc4C3)C2)c(C)o1. The van der Waals surface area contributed by atoms with Crippen molar-refractivity contribution < 1.29 is 14.0 Å². The molecule has 1 fully saturated rings. The molecule has 2 aliphatic rings. The molecule has 1 aliphatic heterocycles. The van der Waals surface area contributed by atoms with Crippen LogP contribution in [0.15, 0.2) is 34.7 Å². The van der Waals surface area contributed by atoms with Crippen molar-refractivity contribution in [2.75, 3.05) is 13.6 Å². The van der Waals surface area contributed by atoms with Crippen LogP contribution in [-0.2, 0) is 17.6 Å². The molecular formula is C22H27N3O3. The number of hydrogen-bond acceptors (Lipinski definition) is 4. The van der Waals surface area contributed by atoms with E-state index >= 15 is 0 Å². The van der Waals surface area contributed by atoms with Gasteiger partial charge in [0, 0.05) is 25.7 Å². The third kappa shape index (κ3) is 3.56. The number of benzene rings is 1. The van der Waals surface area contributed by atoms with Crippen LogP contribution in [0.4, 0.5) is 0 Å². The molecule has 0 bridgehead atoms. The van der Waals surface area contributed by atoms with E-state index in [4.69, 9.17) is 4.42 Å². The largest absolute Gasteiger partial charge is 0.466 e. The van der Waals surface area contributed by atoms with E-state index < -0.39 is 0 Å². The Bertz CT molecular complexity index is 879. The Labute approximate surface area is 165 Å². The molecule has 2 heterocycles. The van der Waals surface area contributed by atoms with Crippen molar-refractivity contribution in [2.24, 2.45) is 0 Å². The van der Waals surface area contributed by atoms with Gasteiger partial charge in [-0.2, -0.15) is 0 Å². The van der Waals surface area contributed by atoms with Gasteiger partial charge in [0.1, 0.15) is 11.5 Å². The van der Waals surface area contributed by atoms with Gasteiger partial charge in [0.25, 0.3) is 5.91 Å². The van der Waals surface area contributed by atoms with E-state index in [0.29, 0.717) is 24.3 Å². The maximum Gasteiger partial charge on any atom is 0.255 e. The quantitative estimate of drug-likeness (QED) is 0.849. The monoisotopic (exact) mass is 381 g/mol. The molecular weight excluding hydrogens is 354 g/mol. The molecule has 2 amide bonds. The summed E-state index contributed by atoms with van der Waals surface area (Å²) in [7, 11) is 1.89. The molecule has 6 nitrogen and oxygen atoms in total. The van der Waals surface area contributed by atoms with Crippen LogP contribution in [0, 0.1) is 13.8 Å². The van der Waals surface area contributed by atoms with Gasteiger partial charge in [-0.3, -0.25) is 9.59 Å². The first kappa shape index (κ1) is 18.7. The van der Waals surface area contributed by atoms with Gasteiger partial charge in [-0.05, 0) is 50.3 Å². The van der Waals surface area contributed by atoms with E-state index in [-0.39, 0.29) is 29.9 Å². The summed E-state index contributed by atoms with van der Waals surface area (Å²) in [5, 5.41) is 6.30. The molecule has 4 rings (SSSR count). The number of amides is 2. The van der Waals surface area contributed by atoms with E-state index in [9.17, 15) is 9.59 Å². The highest BCUT2D eigenvalue weighted by molar-refractivity contribution is 5.95. The number of carbonyl (C=O) groups is 2. The molecule has 1 aliphatic carbocycles. The fourth-order valence-electron chi connectivity index (χ4n) is 4.39. The minimum absolute atomic E-state index is 0.0646. The zero-order chi connectivity index (χ0) is 19.8. The maximum atomic E-state index is 13.0. The molecule has 0 radical (unpaired) electrons. The van der Waals surface area contributed by atoms with E-state index in [1.807, 2.05) is 18.9 Å². The van der Waals surface area contributed by atoms with Gasteiger partial charge in [0.05, 0.1) is 11.6 Å².